The molecule has 0 aromatic heterocycles. The molecule has 4 N–H and O–H groups in total. The number of benzene rings is 1. The summed E-state index contributed by atoms with van der Waals surface area (Å²) in [5.41, 5.74) is 6.55. The second-order valence-electron chi connectivity index (χ2n) is 6.03. The van der Waals surface area contributed by atoms with E-state index in [9.17, 15) is 9.59 Å². The zero-order chi connectivity index (χ0) is 15.9. The van der Waals surface area contributed by atoms with Crippen molar-refractivity contribution in [2.75, 3.05) is 13.1 Å². The first kappa shape index (κ1) is 17.2. The number of amides is 2. The normalized spacial score (nSPS) is 11.0. The molecule has 0 fully saturated rings. The highest BCUT2D eigenvalue weighted by atomic mass is 16.2. The largest absolute Gasteiger partial charge is 0.352 e. The number of hydrogen-bond donors (Lipinski definition) is 3. The Morgan fingerprint density at radius 3 is 2.24 bits per heavy atom. The van der Waals surface area contributed by atoms with E-state index in [4.69, 9.17) is 5.73 Å². The van der Waals surface area contributed by atoms with Crippen molar-refractivity contribution in [2.24, 2.45) is 11.1 Å². The minimum Gasteiger partial charge on any atom is -0.352 e. The third kappa shape index (κ3) is 5.95. The van der Waals surface area contributed by atoms with Crippen molar-refractivity contribution < 1.29 is 9.59 Å². The lowest BCUT2D eigenvalue weighted by Gasteiger charge is -2.17. The van der Waals surface area contributed by atoms with E-state index in [2.05, 4.69) is 10.6 Å². The van der Waals surface area contributed by atoms with Crippen LogP contribution in [0, 0.1) is 5.41 Å². The molecule has 1 rings (SSSR count). The number of hydrogen-bond acceptors (Lipinski definition) is 3. The quantitative estimate of drug-likeness (QED) is 0.693. The fraction of sp³-hybridized carbons (Fsp3) is 0.500. The first-order chi connectivity index (χ1) is 9.84. The molecule has 0 unspecified atom stereocenters. The van der Waals surface area contributed by atoms with Crippen LogP contribution in [0.1, 0.15) is 43.1 Å². The summed E-state index contributed by atoms with van der Waals surface area (Å²) in [6.07, 6.45) is 0.767. The van der Waals surface area contributed by atoms with Crippen LogP contribution in [0.25, 0.3) is 0 Å². The summed E-state index contributed by atoms with van der Waals surface area (Å²) in [5.74, 6) is -0.0974. The van der Waals surface area contributed by atoms with Crippen LogP contribution in [0.4, 0.5) is 0 Å². The molecule has 1 aromatic carbocycles. The lowest BCUT2D eigenvalue weighted by Crippen LogP contribution is -2.34. The topological polar surface area (TPSA) is 84.2 Å². The molecule has 0 spiro atoms. The van der Waals surface area contributed by atoms with Crippen molar-refractivity contribution in [2.45, 2.75) is 33.7 Å². The summed E-state index contributed by atoms with van der Waals surface area (Å²) >= 11 is 0. The number of rotatable bonds is 6. The number of carbonyl (C=O) groups excluding carboxylic acids is 2. The minimum atomic E-state index is -0.400. The van der Waals surface area contributed by atoms with Gasteiger partial charge in [-0.1, -0.05) is 32.9 Å². The number of nitrogens with one attached hydrogen (secondary N) is 2. The van der Waals surface area contributed by atoms with Gasteiger partial charge in [-0.15, -0.1) is 0 Å². The lowest BCUT2D eigenvalue weighted by molar-refractivity contribution is -0.128. The first-order valence-electron chi connectivity index (χ1n) is 7.20. The van der Waals surface area contributed by atoms with E-state index in [0.29, 0.717) is 25.2 Å². The Balaban J connectivity index is 2.50. The van der Waals surface area contributed by atoms with Gasteiger partial charge < -0.3 is 16.4 Å². The Labute approximate surface area is 126 Å². The molecule has 0 aliphatic carbocycles. The van der Waals surface area contributed by atoms with Gasteiger partial charge in [0, 0.05) is 24.1 Å². The van der Waals surface area contributed by atoms with Gasteiger partial charge in [-0.25, -0.2) is 0 Å². The van der Waals surface area contributed by atoms with Crippen molar-refractivity contribution in [3.05, 3.63) is 35.4 Å². The van der Waals surface area contributed by atoms with Gasteiger partial charge in [0.25, 0.3) is 5.91 Å². The molecule has 116 valence electrons. The summed E-state index contributed by atoms with van der Waals surface area (Å²) in [4.78, 5) is 23.6. The standard InChI is InChI=1S/C16H25N3O2/c1-16(2,3)15(21)19-11-12-5-7-13(8-6-12)14(20)18-10-4-9-17/h5-8H,4,9-11,17H2,1-3H3,(H,18,20)(H,19,21). The molecule has 0 aliphatic rings. The van der Waals surface area contributed by atoms with Gasteiger partial charge in [0.05, 0.1) is 0 Å². The van der Waals surface area contributed by atoms with Gasteiger partial charge in [-0.05, 0) is 30.7 Å². The molecule has 2 amide bonds. The van der Waals surface area contributed by atoms with Crippen LogP contribution in [0.5, 0.6) is 0 Å². The van der Waals surface area contributed by atoms with Gasteiger partial charge in [0.2, 0.25) is 5.91 Å². The molecule has 0 bridgehead atoms. The molecular formula is C16H25N3O2. The van der Waals surface area contributed by atoms with E-state index in [1.54, 1.807) is 12.1 Å². The maximum Gasteiger partial charge on any atom is 0.251 e. The van der Waals surface area contributed by atoms with Crippen LogP contribution in [0.2, 0.25) is 0 Å². The van der Waals surface area contributed by atoms with Gasteiger partial charge in [-0.3, -0.25) is 9.59 Å². The summed E-state index contributed by atoms with van der Waals surface area (Å²) in [6, 6.07) is 7.22. The lowest BCUT2D eigenvalue weighted by atomic mass is 9.95. The van der Waals surface area contributed by atoms with Crippen LogP contribution in [0.15, 0.2) is 24.3 Å². The molecule has 0 aliphatic heterocycles. The number of nitrogens with two attached hydrogens (primary N) is 1. The summed E-state index contributed by atoms with van der Waals surface area (Å²) in [6.45, 7) is 7.22. The third-order valence-electron chi connectivity index (χ3n) is 3.02. The predicted octanol–water partition coefficient (Wildman–Crippen LogP) is 1.43. The molecule has 1 aromatic rings. The fourth-order valence-corrected chi connectivity index (χ4v) is 1.63. The zero-order valence-corrected chi connectivity index (χ0v) is 13.0. The van der Waals surface area contributed by atoms with E-state index in [1.807, 2.05) is 32.9 Å². The van der Waals surface area contributed by atoms with E-state index in [-0.39, 0.29) is 11.8 Å². The maximum absolute atomic E-state index is 11.8. The monoisotopic (exact) mass is 291 g/mol. The Hall–Kier alpha value is -1.88. The maximum atomic E-state index is 11.8. The average Bonchev–Trinajstić information content (AvgIpc) is 2.44. The number of carbonyl (C=O) groups is 2. The SMILES string of the molecule is CC(C)(C)C(=O)NCc1ccc(C(=O)NCCCN)cc1. The molecular weight excluding hydrogens is 266 g/mol. The average molecular weight is 291 g/mol. The van der Waals surface area contributed by atoms with Crippen molar-refractivity contribution in [3.63, 3.8) is 0 Å². The van der Waals surface area contributed by atoms with Crippen LogP contribution < -0.4 is 16.4 Å². The second-order valence-corrected chi connectivity index (χ2v) is 6.03. The van der Waals surface area contributed by atoms with Gasteiger partial charge in [-0.2, -0.15) is 0 Å². The highest BCUT2D eigenvalue weighted by Gasteiger charge is 2.20. The minimum absolute atomic E-state index is 0.00565. The Kier molecular flexibility index (Phi) is 6.37. The summed E-state index contributed by atoms with van der Waals surface area (Å²) in [5, 5.41) is 5.68. The van der Waals surface area contributed by atoms with Crippen molar-refractivity contribution in [3.8, 4) is 0 Å². The molecule has 0 radical (unpaired) electrons. The zero-order valence-electron chi connectivity index (χ0n) is 13.0. The Morgan fingerprint density at radius 2 is 1.71 bits per heavy atom. The first-order valence-corrected chi connectivity index (χ1v) is 7.20. The molecule has 5 heteroatoms. The molecule has 0 heterocycles. The summed E-state index contributed by atoms with van der Waals surface area (Å²) < 4.78 is 0. The van der Waals surface area contributed by atoms with Crippen LogP contribution in [-0.2, 0) is 11.3 Å². The fourth-order valence-electron chi connectivity index (χ4n) is 1.63. The molecule has 0 atom stereocenters. The van der Waals surface area contributed by atoms with Crippen LogP contribution >= 0.6 is 0 Å². The van der Waals surface area contributed by atoms with Crippen molar-refractivity contribution in [1.29, 1.82) is 0 Å². The Morgan fingerprint density at radius 1 is 1.10 bits per heavy atom. The van der Waals surface area contributed by atoms with E-state index < -0.39 is 5.41 Å². The van der Waals surface area contributed by atoms with Gasteiger partial charge in [0.1, 0.15) is 0 Å². The Bertz CT molecular complexity index is 475. The van der Waals surface area contributed by atoms with Crippen molar-refractivity contribution in [1.82, 2.24) is 10.6 Å². The summed E-state index contributed by atoms with van der Waals surface area (Å²) in [7, 11) is 0. The molecule has 5 nitrogen and oxygen atoms in total. The highest BCUT2D eigenvalue weighted by molar-refractivity contribution is 5.94. The van der Waals surface area contributed by atoms with Crippen LogP contribution in [-0.4, -0.2) is 24.9 Å². The predicted molar refractivity (Wildman–Crippen MR) is 83.7 cm³/mol. The highest BCUT2D eigenvalue weighted by Crippen LogP contribution is 2.13. The third-order valence-corrected chi connectivity index (χ3v) is 3.02. The second kappa shape index (κ2) is 7.78. The van der Waals surface area contributed by atoms with Gasteiger partial charge >= 0.3 is 0 Å². The van der Waals surface area contributed by atoms with Crippen LogP contribution in [0.3, 0.4) is 0 Å². The van der Waals surface area contributed by atoms with E-state index in [1.165, 1.54) is 0 Å². The van der Waals surface area contributed by atoms with E-state index in [0.717, 1.165) is 12.0 Å². The molecule has 0 saturated heterocycles. The van der Waals surface area contributed by atoms with Crippen molar-refractivity contribution >= 4 is 11.8 Å². The molecule has 0 saturated carbocycles. The van der Waals surface area contributed by atoms with Gasteiger partial charge in [0.15, 0.2) is 0 Å². The van der Waals surface area contributed by atoms with E-state index >= 15 is 0 Å². The smallest absolute Gasteiger partial charge is 0.251 e. The molecule has 21 heavy (non-hydrogen) atoms.